The van der Waals surface area contributed by atoms with E-state index < -0.39 is 18.7 Å². The van der Waals surface area contributed by atoms with Crippen LogP contribution in [0.15, 0.2) is 66.7 Å². The van der Waals surface area contributed by atoms with Crippen LogP contribution in [-0.4, -0.2) is 55.5 Å². The zero-order valence-corrected chi connectivity index (χ0v) is 22.2. The molecule has 0 fully saturated rings. The number of nitrogens with zero attached hydrogens (tertiary/aromatic N) is 5. The molecule has 5 rings (SSSR count). The average Bonchev–Trinajstić information content (AvgIpc) is 3.63. The highest BCUT2D eigenvalue weighted by Gasteiger charge is 2.21. The standard InChI is InChI=1S/C29H28N6O5/c1-3-8-25(36)39-18-40-28(37)23-11-7-12-24-26(23)35(29(30-24)38-4-2)17-19-13-15-20(16-14-19)21-9-5-6-10-22(21)27-31-33-34-32-27/h5-7,9-16H,3-4,8,17-18H2,1-2H3,(H,31,32,33,34). The quantitative estimate of drug-likeness (QED) is 0.185. The van der Waals surface area contributed by atoms with Gasteiger partial charge in [0, 0.05) is 12.0 Å². The summed E-state index contributed by atoms with van der Waals surface area (Å²) in [6.07, 6.45) is 0.914. The van der Waals surface area contributed by atoms with E-state index in [2.05, 4.69) is 25.6 Å². The van der Waals surface area contributed by atoms with Gasteiger partial charge in [0.2, 0.25) is 12.6 Å². The van der Waals surface area contributed by atoms with E-state index in [1.807, 2.05) is 73.0 Å². The Labute approximate surface area is 230 Å². The Morgan fingerprint density at radius 3 is 2.45 bits per heavy atom. The number of aromatic nitrogens is 6. The van der Waals surface area contributed by atoms with Gasteiger partial charge in [-0.3, -0.25) is 9.36 Å². The van der Waals surface area contributed by atoms with Gasteiger partial charge in [0.15, 0.2) is 0 Å². The van der Waals surface area contributed by atoms with Crippen LogP contribution in [0.25, 0.3) is 33.5 Å². The van der Waals surface area contributed by atoms with E-state index in [1.54, 1.807) is 12.1 Å². The molecule has 40 heavy (non-hydrogen) atoms. The van der Waals surface area contributed by atoms with Crippen LogP contribution in [-0.2, 0) is 20.8 Å². The van der Waals surface area contributed by atoms with Crippen molar-refractivity contribution >= 4 is 23.0 Å². The normalized spacial score (nSPS) is 10.9. The molecule has 0 saturated heterocycles. The number of ether oxygens (including phenoxy) is 3. The highest BCUT2D eigenvalue weighted by atomic mass is 16.7. The number of tetrazole rings is 1. The predicted molar refractivity (Wildman–Crippen MR) is 146 cm³/mol. The van der Waals surface area contributed by atoms with Crippen molar-refractivity contribution in [2.75, 3.05) is 13.4 Å². The minimum absolute atomic E-state index is 0.263. The van der Waals surface area contributed by atoms with Gasteiger partial charge in [-0.2, -0.15) is 10.2 Å². The number of carbonyl (C=O) groups is 2. The minimum Gasteiger partial charge on any atom is -0.465 e. The largest absolute Gasteiger partial charge is 0.465 e. The number of fused-ring (bicyclic) bond motifs is 1. The highest BCUT2D eigenvalue weighted by Crippen LogP contribution is 2.31. The van der Waals surface area contributed by atoms with Crippen molar-refractivity contribution < 1.29 is 23.8 Å². The number of hydrogen-bond donors (Lipinski definition) is 1. The monoisotopic (exact) mass is 540 g/mol. The molecule has 11 heteroatoms. The van der Waals surface area contributed by atoms with E-state index >= 15 is 0 Å². The molecule has 204 valence electrons. The third-order valence-electron chi connectivity index (χ3n) is 6.21. The molecule has 0 bridgehead atoms. The molecule has 0 spiro atoms. The fourth-order valence-corrected chi connectivity index (χ4v) is 4.40. The zero-order valence-electron chi connectivity index (χ0n) is 22.2. The average molecular weight is 541 g/mol. The second-order valence-corrected chi connectivity index (χ2v) is 8.88. The molecule has 2 heterocycles. The summed E-state index contributed by atoms with van der Waals surface area (Å²) in [5, 5.41) is 14.4. The van der Waals surface area contributed by atoms with Gasteiger partial charge in [0.1, 0.15) is 0 Å². The number of carbonyl (C=O) groups excluding carboxylic acids is 2. The van der Waals surface area contributed by atoms with Gasteiger partial charge in [-0.15, -0.1) is 10.2 Å². The summed E-state index contributed by atoms with van der Waals surface area (Å²) in [6.45, 7) is 4.09. The lowest BCUT2D eigenvalue weighted by molar-refractivity contribution is -0.152. The van der Waals surface area contributed by atoms with Crippen LogP contribution >= 0.6 is 0 Å². The van der Waals surface area contributed by atoms with Crippen molar-refractivity contribution in [3.05, 3.63) is 77.9 Å². The van der Waals surface area contributed by atoms with Crippen molar-refractivity contribution in [3.63, 3.8) is 0 Å². The van der Waals surface area contributed by atoms with E-state index in [-0.39, 0.29) is 6.42 Å². The number of esters is 2. The number of aromatic amines is 1. The van der Waals surface area contributed by atoms with Crippen LogP contribution in [0.4, 0.5) is 0 Å². The van der Waals surface area contributed by atoms with E-state index in [9.17, 15) is 9.59 Å². The summed E-state index contributed by atoms with van der Waals surface area (Å²) in [5.41, 5.74) is 5.27. The molecule has 0 radical (unpaired) electrons. The Bertz CT molecular complexity index is 1610. The number of rotatable bonds is 11. The van der Waals surface area contributed by atoms with E-state index in [1.165, 1.54) is 0 Å². The molecule has 0 aliphatic rings. The number of para-hydroxylation sites is 1. The molecule has 3 aromatic carbocycles. The Balaban J connectivity index is 1.43. The van der Waals surface area contributed by atoms with Gasteiger partial charge < -0.3 is 14.2 Å². The summed E-state index contributed by atoms with van der Waals surface area (Å²) in [6, 6.07) is 21.5. The molecule has 0 saturated carbocycles. The number of benzene rings is 3. The van der Waals surface area contributed by atoms with Gasteiger partial charge >= 0.3 is 11.9 Å². The Kier molecular flexibility index (Phi) is 8.10. The summed E-state index contributed by atoms with van der Waals surface area (Å²) >= 11 is 0. The first-order valence-electron chi connectivity index (χ1n) is 13.0. The van der Waals surface area contributed by atoms with E-state index in [0.717, 1.165) is 22.3 Å². The molecule has 0 atom stereocenters. The maximum absolute atomic E-state index is 13.0. The molecular formula is C29H28N6O5. The topological polar surface area (TPSA) is 134 Å². The van der Waals surface area contributed by atoms with Gasteiger partial charge in [-0.1, -0.05) is 61.5 Å². The van der Waals surface area contributed by atoms with Crippen LogP contribution in [0.1, 0.15) is 42.6 Å². The second kappa shape index (κ2) is 12.2. The lowest BCUT2D eigenvalue weighted by Crippen LogP contribution is -2.14. The van der Waals surface area contributed by atoms with Crippen LogP contribution < -0.4 is 4.74 Å². The summed E-state index contributed by atoms with van der Waals surface area (Å²) in [5.74, 6) is -0.515. The second-order valence-electron chi connectivity index (χ2n) is 8.88. The SMILES string of the molecule is CCCC(=O)OCOC(=O)c1cccc2nc(OCC)n(Cc3ccc(-c4ccccc4-c4nn[nH]n4)cc3)c12. The minimum atomic E-state index is -0.618. The number of H-pyrrole nitrogens is 1. The molecule has 1 N–H and O–H groups in total. The molecule has 0 amide bonds. The molecule has 0 unspecified atom stereocenters. The van der Waals surface area contributed by atoms with Crippen molar-refractivity contribution in [2.24, 2.45) is 0 Å². The van der Waals surface area contributed by atoms with Crippen LogP contribution in [0.3, 0.4) is 0 Å². The lowest BCUT2D eigenvalue weighted by atomic mass is 9.98. The summed E-state index contributed by atoms with van der Waals surface area (Å²) in [7, 11) is 0. The van der Waals surface area contributed by atoms with Gasteiger partial charge in [-0.05, 0) is 47.4 Å². The third-order valence-corrected chi connectivity index (χ3v) is 6.21. The first-order valence-corrected chi connectivity index (χ1v) is 13.0. The first kappa shape index (κ1) is 26.5. The predicted octanol–water partition coefficient (Wildman–Crippen LogP) is 4.79. The molecular weight excluding hydrogens is 512 g/mol. The van der Waals surface area contributed by atoms with Gasteiger partial charge in [0.25, 0.3) is 6.01 Å². The summed E-state index contributed by atoms with van der Waals surface area (Å²) < 4.78 is 17.9. The summed E-state index contributed by atoms with van der Waals surface area (Å²) in [4.78, 5) is 29.2. The molecule has 0 aliphatic carbocycles. The highest BCUT2D eigenvalue weighted by molar-refractivity contribution is 6.02. The van der Waals surface area contributed by atoms with Gasteiger partial charge in [-0.25, -0.2) is 4.79 Å². The molecule has 0 aliphatic heterocycles. The maximum Gasteiger partial charge on any atom is 0.343 e. The third kappa shape index (κ3) is 5.68. The van der Waals surface area contributed by atoms with Crippen LogP contribution in [0.5, 0.6) is 6.01 Å². The number of imidazole rings is 1. The first-order chi connectivity index (χ1) is 19.6. The Morgan fingerprint density at radius 1 is 0.925 bits per heavy atom. The Morgan fingerprint density at radius 2 is 1.73 bits per heavy atom. The molecule has 11 nitrogen and oxygen atoms in total. The number of hydrogen-bond acceptors (Lipinski definition) is 9. The van der Waals surface area contributed by atoms with Gasteiger partial charge in [0.05, 0.1) is 29.7 Å². The lowest BCUT2D eigenvalue weighted by Gasteiger charge is -2.13. The molecule has 5 aromatic rings. The fourth-order valence-electron chi connectivity index (χ4n) is 4.40. The fraction of sp³-hybridized carbons (Fsp3) is 0.241. The van der Waals surface area contributed by atoms with Crippen molar-refractivity contribution in [2.45, 2.75) is 33.2 Å². The number of nitrogens with one attached hydrogen (secondary N) is 1. The maximum atomic E-state index is 13.0. The van der Waals surface area contributed by atoms with E-state index in [0.29, 0.717) is 48.0 Å². The van der Waals surface area contributed by atoms with Crippen LogP contribution in [0.2, 0.25) is 0 Å². The van der Waals surface area contributed by atoms with Crippen molar-refractivity contribution in [1.29, 1.82) is 0 Å². The smallest absolute Gasteiger partial charge is 0.343 e. The van der Waals surface area contributed by atoms with Crippen molar-refractivity contribution in [3.8, 4) is 28.5 Å². The molecule has 2 aromatic heterocycles. The zero-order chi connectivity index (χ0) is 27.9. The Hall–Kier alpha value is -5.06. The van der Waals surface area contributed by atoms with Crippen LogP contribution in [0, 0.1) is 0 Å². The van der Waals surface area contributed by atoms with E-state index in [4.69, 9.17) is 14.2 Å². The van der Waals surface area contributed by atoms with Crippen molar-refractivity contribution in [1.82, 2.24) is 30.2 Å².